The van der Waals surface area contributed by atoms with Crippen molar-refractivity contribution in [2.75, 3.05) is 0 Å². The van der Waals surface area contributed by atoms with Gasteiger partial charge in [0.15, 0.2) is 5.69 Å². The van der Waals surface area contributed by atoms with Crippen LogP contribution in [0.1, 0.15) is 32.9 Å². The van der Waals surface area contributed by atoms with Crippen LogP contribution in [0.2, 0.25) is 0 Å². The molecule has 0 aliphatic heterocycles. The van der Waals surface area contributed by atoms with E-state index in [1.807, 2.05) is 32.9 Å². The zero-order chi connectivity index (χ0) is 13.4. The number of aromatic nitrogens is 1. The summed E-state index contributed by atoms with van der Waals surface area (Å²) in [6.07, 6.45) is 0. The quantitative estimate of drug-likeness (QED) is 0.881. The number of aryl methyl sites for hydroxylation is 4. The second-order valence-corrected chi connectivity index (χ2v) is 4.52. The molecule has 18 heavy (non-hydrogen) atoms. The summed E-state index contributed by atoms with van der Waals surface area (Å²) in [5.41, 5.74) is 4.73. The predicted octanol–water partition coefficient (Wildman–Crippen LogP) is 3.27. The second kappa shape index (κ2) is 4.29. The fourth-order valence-corrected chi connectivity index (χ4v) is 2.07. The summed E-state index contributed by atoms with van der Waals surface area (Å²) in [5.74, 6) is -0.543. The van der Waals surface area contributed by atoms with Crippen LogP contribution in [-0.4, -0.2) is 16.2 Å². The summed E-state index contributed by atoms with van der Waals surface area (Å²) in [6, 6.07) is 4.03. The van der Waals surface area contributed by atoms with Crippen molar-refractivity contribution in [1.29, 1.82) is 0 Å². The average molecular weight is 245 g/mol. The number of hydrogen-bond acceptors (Lipinski definition) is 3. The van der Waals surface area contributed by atoms with E-state index in [1.165, 1.54) is 5.56 Å². The molecule has 0 saturated heterocycles. The van der Waals surface area contributed by atoms with Crippen molar-refractivity contribution in [3.05, 3.63) is 40.3 Å². The number of carboxylic acids is 1. The monoisotopic (exact) mass is 245 g/mol. The van der Waals surface area contributed by atoms with E-state index < -0.39 is 5.97 Å². The molecule has 0 radical (unpaired) electrons. The molecule has 0 aliphatic rings. The highest BCUT2D eigenvalue weighted by Crippen LogP contribution is 2.31. The third-order valence-corrected chi connectivity index (χ3v) is 3.18. The first-order chi connectivity index (χ1) is 8.41. The van der Waals surface area contributed by atoms with Gasteiger partial charge in [-0.05, 0) is 49.9 Å². The Morgan fingerprint density at radius 3 is 2.33 bits per heavy atom. The molecule has 0 bridgehead atoms. The summed E-state index contributed by atoms with van der Waals surface area (Å²) >= 11 is 0. The molecule has 1 heterocycles. The Morgan fingerprint density at radius 1 is 1.11 bits per heavy atom. The molecule has 0 saturated carbocycles. The van der Waals surface area contributed by atoms with Crippen molar-refractivity contribution in [3.63, 3.8) is 0 Å². The van der Waals surface area contributed by atoms with E-state index in [9.17, 15) is 4.79 Å². The van der Waals surface area contributed by atoms with Gasteiger partial charge >= 0.3 is 5.97 Å². The molecule has 4 heteroatoms. The fourth-order valence-electron chi connectivity index (χ4n) is 2.07. The van der Waals surface area contributed by atoms with Crippen LogP contribution in [0.3, 0.4) is 0 Å². The number of benzene rings is 1. The zero-order valence-electron chi connectivity index (χ0n) is 10.9. The van der Waals surface area contributed by atoms with Gasteiger partial charge in [0.2, 0.25) is 0 Å². The first kappa shape index (κ1) is 12.4. The molecule has 0 unspecified atom stereocenters. The topological polar surface area (TPSA) is 63.3 Å². The summed E-state index contributed by atoms with van der Waals surface area (Å²) < 4.78 is 5.01. The molecule has 2 rings (SSSR count). The number of carboxylic acid groups (broad SMARTS) is 1. The van der Waals surface area contributed by atoms with Gasteiger partial charge in [0.05, 0.1) is 5.56 Å². The van der Waals surface area contributed by atoms with Crippen LogP contribution in [0.4, 0.5) is 0 Å². The van der Waals surface area contributed by atoms with E-state index in [0.717, 1.165) is 16.7 Å². The summed E-state index contributed by atoms with van der Waals surface area (Å²) in [7, 11) is 0. The molecule has 0 atom stereocenters. The number of rotatable bonds is 2. The van der Waals surface area contributed by atoms with E-state index in [0.29, 0.717) is 11.3 Å². The standard InChI is InChI=1S/C14H15NO3/c1-7-5-9(3)11(6-8(7)2)12-10(4)18-15-13(12)14(16)17/h5-6H,1-4H3,(H,16,17). The predicted molar refractivity (Wildman–Crippen MR) is 67.8 cm³/mol. The lowest BCUT2D eigenvalue weighted by molar-refractivity contribution is 0.0686. The van der Waals surface area contributed by atoms with E-state index in [4.69, 9.17) is 9.63 Å². The van der Waals surface area contributed by atoms with Gasteiger partial charge in [0.25, 0.3) is 0 Å². The van der Waals surface area contributed by atoms with E-state index in [2.05, 4.69) is 5.16 Å². The van der Waals surface area contributed by atoms with Crippen molar-refractivity contribution in [1.82, 2.24) is 5.16 Å². The lowest BCUT2D eigenvalue weighted by Crippen LogP contribution is -2.00. The van der Waals surface area contributed by atoms with Gasteiger partial charge in [-0.2, -0.15) is 0 Å². The average Bonchev–Trinajstić information content (AvgIpc) is 2.66. The third-order valence-electron chi connectivity index (χ3n) is 3.18. The molecule has 0 amide bonds. The Morgan fingerprint density at radius 2 is 1.72 bits per heavy atom. The van der Waals surface area contributed by atoms with E-state index in [-0.39, 0.29) is 5.69 Å². The minimum absolute atomic E-state index is 0.0288. The molecular formula is C14H15NO3. The Kier molecular flexibility index (Phi) is 2.95. The van der Waals surface area contributed by atoms with Gasteiger partial charge in [-0.25, -0.2) is 4.79 Å². The Labute approximate surface area is 105 Å². The number of carbonyl (C=O) groups is 1. The van der Waals surface area contributed by atoms with Gasteiger partial charge < -0.3 is 9.63 Å². The highest BCUT2D eigenvalue weighted by Gasteiger charge is 2.22. The van der Waals surface area contributed by atoms with Crippen molar-refractivity contribution in [2.45, 2.75) is 27.7 Å². The second-order valence-electron chi connectivity index (χ2n) is 4.52. The maximum absolute atomic E-state index is 11.1. The van der Waals surface area contributed by atoms with Gasteiger partial charge in [0, 0.05) is 0 Å². The Bertz CT molecular complexity index is 626. The highest BCUT2D eigenvalue weighted by atomic mass is 16.5. The van der Waals surface area contributed by atoms with Crippen molar-refractivity contribution < 1.29 is 14.4 Å². The molecule has 94 valence electrons. The zero-order valence-corrected chi connectivity index (χ0v) is 10.9. The molecule has 1 N–H and O–H groups in total. The van der Waals surface area contributed by atoms with E-state index in [1.54, 1.807) is 6.92 Å². The molecule has 1 aromatic carbocycles. The summed E-state index contributed by atoms with van der Waals surface area (Å²) in [5, 5.41) is 12.7. The lowest BCUT2D eigenvalue weighted by Gasteiger charge is -2.09. The Balaban J connectivity index is 2.73. The van der Waals surface area contributed by atoms with Crippen LogP contribution in [0.5, 0.6) is 0 Å². The van der Waals surface area contributed by atoms with E-state index >= 15 is 0 Å². The van der Waals surface area contributed by atoms with Crippen molar-refractivity contribution in [2.24, 2.45) is 0 Å². The maximum atomic E-state index is 11.1. The highest BCUT2D eigenvalue weighted by molar-refractivity contribution is 5.95. The van der Waals surface area contributed by atoms with Crippen LogP contribution in [0, 0.1) is 27.7 Å². The summed E-state index contributed by atoms with van der Waals surface area (Å²) in [4.78, 5) is 11.1. The Hall–Kier alpha value is -2.10. The van der Waals surface area contributed by atoms with Gasteiger partial charge in [-0.1, -0.05) is 17.3 Å². The minimum Gasteiger partial charge on any atom is -0.476 e. The molecular weight excluding hydrogens is 230 g/mol. The van der Waals surface area contributed by atoms with Crippen LogP contribution >= 0.6 is 0 Å². The molecule has 4 nitrogen and oxygen atoms in total. The number of nitrogens with zero attached hydrogens (tertiary/aromatic N) is 1. The summed E-state index contributed by atoms with van der Waals surface area (Å²) in [6.45, 7) is 7.72. The molecule has 0 fully saturated rings. The van der Waals surface area contributed by atoms with Crippen LogP contribution in [0.25, 0.3) is 11.1 Å². The van der Waals surface area contributed by atoms with Gasteiger partial charge in [-0.3, -0.25) is 0 Å². The van der Waals surface area contributed by atoms with Crippen molar-refractivity contribution >= 4 is 5.97 Å². The van der Waals surface area contributed by atoms with Crippen LogP contribution in [0.15, 0.2) is 16.7 Å². The SMILES string of the molecule is Cc1cc(C)c(-c2c(C(=O)O)noc2C)cc1C. The third kappa shape index (κ3) is 1.90. The molecule has 1 aromatic heterocycles. The molecule has 0 spiro atoms. The smallest absolute Gasteiger partial charge is 0.358 e. The number of hydrogen-bond donors (Lipinski definition) is 1. The number of aromatic carboxylic acids is 1. The molecule has 0 aliphatic carbocycles. The molecule has 2 aromatic rings. The first-order valence-corrected chi connectivity index (χ1v) is 5.69. The fraction of sp³-hybridized carbons (Fsp3) is 0.286. The first-order valence-electron chi connectivity index (χ1n) is 5.69. The maximum Gasteiger partial charge on any atom is 0.358 e. The normalized spacial score (nSPS) is 10.7. The largest absolute Gasteiger partial charge is 0.476 e. The van der Waals surface area contributed by atoms with Gasteiger partial charge in [-0.15, -0.1) is 0 Å². The van der Waals surface area contributed by atoms with Crippen molar-refractivity contribution in [3.8, 4) is 11.1 Å². The van der Waals surface area contributed by atoms with Crippen LogP contribution in [-0.2, 0) is 0 Å². The van der Waals surface area contributed by atoms with Gasteiger partial charge in [0.1, 0.15) is 5.76 Å². The minimum atomic E-state index is -1.07. The lowest BCUT2D eigenvalue weighted by atomic mass is 9.94. The van der Waals surface area contributed by atoms with Crippen LogP contribution < -0.4 is 0 Å².